The Morgan fingerprint density at radius 3 is 2.40 bits per heavy atom. The van der Waals surface area contributed by atoms with Crippen LogP contribution in [0.25, 0.3) is 0 Å². The summed E-state index contributed by atoms with van der Waals surface area (Å²) in [5.74, 6) is -0.692. The van der Waals surface area contributed by atoms with Gasteiger partial charge in [-0.25, -0.2) is 16.8 Å². The summed E-state index contributed by atoms with van der Waals surface area (Å²) in [6.07, 6.45) is 1.23. The number of rotatable bonds is 7. The molecule has 0 radical (unpaired) electrons. The molecule has 1 amide bonds. The molecule has 164 valence electrons. The van der Waals surface area contributed by atoms with Crippen LogP contribution in [0.3, 0.4) is 0 Å². The first-order chi connectivity index (χ1) is 14.1. The van der Waals surface area contributed by atoms with Crippen molar-refractivity contribution >= 4 is 31.6 Å². The van der Waals surface area contributed by atoms with E-state index in [1.54, 1.807) is 0 Å². The highest BCUT2D eigenvalue weighted by molar-refractivity contribution is 7.92. The van der Waals surface area contributed by atoms with Crippen LogP contribution in [0.1, 0.15) is 10.5 Å². The molecule has 2 aromatic rings. The maximum atomic E-state index is 13.0. The number of aromatic nitrogens is 1. The molecular weight excluding hydrogens is 436 g/mol. The predicted octanol–water partition coefficient (Wildman–Crippen LogP) is -0.0457. The van der Waals surface area contributed by atoms with Gasteiger partial charge in [0.25, 0.3) is 15.9 Å². The maximum absolute atomic E-state index is 13.0. The first-order valence-corrected chi connectivity index (χ1v) is 11.7. The number of morpholine rings is 1. The van der Waals surface area contributed by atoms with Crippen LogP contribution in [0.4, 0.5) is 5.69 Å². The monoisotopic (exact) mass is 458 g/mol. The number of hydrogen-bond donors (Lipinski definition) is 2. The summed E-state index contributed by atoms with van der Waals surface area (Å²) in [5.41, 5.74) is 5.26. The molecule has 0 spiro atoms. The normalized spacial score (nSPS) is 15.7. The fraction of sp³-hybridized carbons (Fsp3) is 0.353. The largest absolute Gasteiger partial charge is 0.495 e. The van der Waals surface area contributed by atoms with E-state index in [0.29, 0.717) is 0 Å². The third-order valence-electron chi connectivity index (χ3n) is 4.55. The number of hydrogen-bond acceptors (Lipinski definition) is 7. The summed E-state index contributed by atoms with van der Waals surface area (Å²) in [7, 11) is -5.22. The van der Waals surface area contributed by atoms with Gasteiger partial charge in [-0.1, -0.05) is 0 Å². The second-order valence-corrected chi connectivity index (χ2v) is 10.1. The molecule has 30 heavy (non-hydrogen) atoms. The number of carbonyl (C=O) groups is 1. The number of nitrogens with one attached hydrogen (secondary N) is 1. The minimum absolute atomic E-state index is 0.0145. The van der Waals surface area contributed by atoms with Crippen LogP contribution in [0.5, 0.6) is 5.75 Å². The smallest absolute Gasteiger partial charge is 0.265 e. The van der Waals surface area contributed by atoms with Gasteiger partial charge in [0.05, 0.1) is 26.0 Å². The number of nitrogens with two attached hydrogens (primary N) is 1. The van der Waals surface area contributed by atoms with Crippen molar-refractivity contribution < 1.29 is 31.1 Å². The van der Waals surface area contributed by atoms with E-state index in [-0.39, 0.29) is 53.2 Å². The summed E-state index contributed by atoms with van der Waals surface area (Å²) >= 11 is 0. The van der Waals surface area contributed by atoms with Crippen molar-refractivity contribution in [3.63, 3.8) is 0 Å². The van der Waals surface area contributed by atoms with Crippen molar-refractivity contribution in [2.45, 2.75) is 9.79 Å². The van der Waals surface area contributed by atoms with Crippen LogP contribution in [0.15, 0.2) is 40.3 Å². The Bertz CT molecular complexity index is 1170. The number of anilines is 1. The molecule has 1 aromatic heterocycles. The van der Waals surface area contributed by atoms with E-state index in [4.69, 9.17) is 15.2 Å². The number of aryl methyl sites for hydroxylation is 1. The van der Waals surface area contributed by atoms with E-state index >= 15 is 0 Å². The average Bonchev–Trinajstić information content (AvgIpc) is 3.11. The summed E-state index contributed by atoms with van der Waals surface area (Å²) in [6.45, 7) is 0.900. The molecule has 1 aliphatic heterocycles. The lowest BCUT2D eigenvalue weighted by molar-refractivity contribution is 0.0729. The Morgan fingerprint density at radius 2 is 1.83 bits per heavy atom. The van der Waals surface area contributed by atoms with E-state index in [0.717, 1.165) is 6.07 Å². The van der Waals surface area contributed by atoms with Crippen molar-refractivity contribution in [2.75, 3.05) is 38.1 Å². The Morgan fingerprint density at radius 1 is 1.17 bits per heavy atom. The van der Waals surface area contributed by atoms with Crippen molar-refractivity contribution in [3.05, 3.63) is 36.2 Å². The zero-order chi connectivity index (χ0) is 22.1. The Balaban J connectivity index is 1.97. The number of sulfonamides is 2. The van der Waals surface area contributed by atoms with Crippen LogP contribution in [0, 0.1) is 0 Å². The number of ether oxygens (including phenoxy) is 2. The quantitative estimate of drug-likeness (QED) is 0.591. The van der Waals surface area contributed by atoms with Gasteiger partial charge in [0.1, 0.15) is 21.2 Å². The minimum atomic E-state index is -4.10. The van der Waals surface area contributed by atoms with Gasteiger partial charge in [-0.15, -0.1) is 0 Å². The average molecular weight is 459 g/mol. The predicted molar refractivity (Wildman–Crippen MR) is 107 cm³/mol. The molecule has 13 heteroatoms. The van der Waals surface area contributed by atoms with Crippen LogP contribution in [-0.2, 0) is 31.8 Å². The fourth-order valence-corrected chi connectivity index (χ4v) is 5.72. The molecule has 0 saturated carbocycles. The molecular formula is C17H22N4O7S2. The molecule has 1 saturated heterocycles. The number of amides is 1. The summed E-state index contributed by atoms with van der Waals surface area (Å²) in [5, 5.41) is 0. The van der Waals surface area contributed by atoms with Crippen LogP contribution in [0.2, 0.25) is 0 Å². The molecule has 0 unspecified atom stereocenters. The van der Waals surface area contributed by atoms with E-state index in [1.165, 1.54) is 47.4 Å². The lowest BCUT2D eigenvalue weighted by Gasteiger charge is -2.26. The molecule has 1 aliphatic rings. The number of primary amides is 1. The lowest BCUT2D eigenvalue weighted by Crippen LogP contribution is -2.40. The van der Waals surface area contributed by atoms with E-state index in [2.05, 4.69) is 4.72 Å². The second-order valence-electron chi connectivity index (χ2n) is 6.52. The van der Waals surface area contributed by atoms with E-state index < -0.39 is 26.0 Å². The molecule has 0 atom stereocenters. The highest BCUT2D eigenvalue weighted by Gasteiger charge is 2.30. The van der Waals surface area contributed by atoms with Crippen molar-refractivity contribution in [1.29, 1.82) is 0 Å². The van der Waals surface area contributed by atoms with Gasteiger partial charge in [0, 0.05) is 26.3 Å². The topological polar surface area (TPSA) is 150 Å². The third-order valence-corrected chi connectivity index (χ3v) is 7.81. The zero-order valence-corrected chi connectivity index (χ0v) is 18.0. The van der Waals surface area contributed by atoms with Gasteiger partial charge < -0.3 is 19.8 Å². The molecule has 3 N–H and O–H groups in total. The third kappa shape index (κ3) is 4.28. The molecule has 2 heterocycles. The van der Waals surface area contributed by atoms with Crippen LogP contribution >= 0.6 is 0 Å². The SMILES string of the molecule is COc1ccc(NS(=O)(=O)c2cc(C(N)=O)n(C)c2)cc1S(=O)(=O)N1CCOCC1. The first-order valence-electron chi connectivity index (χ1n) is 8.81. The number of nitrogens with zero attached hydrogens (tertiary/aromatic N) is 2. The van der Waals surface area contributed by atoms with Gasteiger partial charge in [-0.2, -0.15) is 4.31 Å². The first kappa shape index (κ1) is 22.1. The van der Waals surface area contributed by atoms with Crippen molar-refractivity contribution in [2.24, 2.45) is 12.8 Å². The molecule has 0 aliphatic carbocycles. The van der Waals surface area contributed by atoms with Gasteiger partial charge in [-0.3, -0.25) is 9.52 Å². The highest BCUT2D eigenvalue weighted by Crippen LogP contribution is 2.31. The summed E-state index contributed by atoms with van der Waals surface area (Å²) < 4.78 is 66.7. The molecule has 1 aromatic carbocycles. The second kappa shape index (κ2) is 8.26. The molecule has 11 nitrogen and oxygen atoms in total. The number of benzene rings is 1. The highest BCUT2D eigenvalue weighted by atomic mass is 32.2. The minimum Gasteiger partial charge on any atom is -0.495 e. The van der Waals surface area contributed by atoms with Crippen molar-refractivity contribution in [1.82, 2.24) is 8.87 Å². The summed E-state index contributed by atoms with van der Waals surface area (Å²) in [6, 6.07) is 5.08. The molecule has 0 bridgehead atoms. The number of carbonyl (C=O) groups excluding carboxylic acids is 1. The Labute approximate surface area is 174 Å². The number of methoxy groups -OCH3 is 1. The van der Waals surface area contributed by atoms with E-state index in [1.807, 2.05) is 0 Å². The van der Waals surface area contributed by atoms with E-state index in [9.17, 15) is 21.6 Å². The zero-order valence-electron chi connectivity index (χ0n) is 16.4. The van der Waals surface area contributed by atoms with Gasteiger partial charge in [0.2, 0.25) is 10.0 Å². The van der Waals surface area contributed by atoms with Gasteiger partial charge in [-0.05, 0) is 24.3 Å². The Kier molecular flexibility index (Phi) is 6.08. The standard InChI is InChI=1S/C17H22N4O7S2/c1-20-11-13(10-14(20)17(18)22)29(23,24)19-12-3-4-15(27-2)16(9-12)30(25,26)21-5-7-28-8-6-21/h3-4,9-11,19H,5-8H2,1-2H3,(H2,18,22). The fourth-order valence-electron chi connectivity index (χ4n) is 3.01. The van der Waals surface area contributed by atoms with Gasteiger partial charge in [0.15, 0.2) is 0 Å². The molecule has 1 fully saturated rings. The van der Waals surface area contributed by atoms with Crippen molar-refractivity contribution in [3.8, 4) is 5.75 Å². The maximum Gasteiger partial charge on any atom is 0.265 e. The van der Waals surface area contributed by atoms with Crippen LogP contribution in [-0.4, -0.2) is 65.0 Å². The summed E-state index contributed by atoms with van der Waals surface area (Å²) in [4.78, 5) is 11.0. The Hall–Kier alpha value is -2.61. The molecule has 3 rings (SSSR count). The van der Waals surface area contributed by atoms with Crippen LogP contribution < -0.4 is 15.2 Å². The lowest BCUT2D eigenvalue weighted by atomic mass is 10.3. The van der Waals surface area contributed by atoms with Gasteiger partial charge >= 0.3 is 0 Å².